The van der Waals surface area contributed by atoms with Gasteiger partial charge in [-0.15, -0.1) is 0 Å². The molecule has 0 saturated carbocycles. The first kappa shape index (κ1) is 13.6. The largest absolute Gasteiger partial charge is 0.311 e. The fourth-order valence-corrected chi connectivity index (χ4v) is 3.50. The Labute approximate surface area is 121 Å². The van der Waals surface area contributed by atoms with Crippen LogP contribution in [-0.2, 0) is 11.2 Å². The highest BCUT2D eigenvalue weighted by Gasteiger charge is 2.25. The summed E-state index contributed by atoms with van der Waals surface area (Å²) in [5.74, 6) is 0.997. The Morgan fingerprint density at radius 3 is 2.95 bits per heavy atom. The molecule has 1 aromatic rings. The average molecular weight is 272 g/mol. The third kappa shape index (κ3) is 2.88. The van der Waals surface area contributed by atoms with Crippen LogP contribution >= 0.6 is 0 Å². The van der Waals surface area contributed by atoms with E-state index in [1.165, 1.54) is 18.4 Å². The van der Waals surface area contributed by atoms with E-state index in [0.29, 0.717) is 6.54 Å². The standard InChI is InChI=1S/C17H24N2O/c1-14-6-4-10-18(12-14)13-17(20)19-11-5-8-15-7-2-3-9-16(15)19/h2-3,7,9,14H,4-6,8,10-13H2,1H3/t14-/m1/s1. The summed E-state index contributed by atoms with van der Waals surface area (Å²) in [7, 11) is 0. The van der Waals surface area contributed by atoms with E-state index in [-0.39, 0.29) is 5.91 Å². The predicted molar refractivity (Wildman–Crippen MR) is 82.0 cm³/mol. The van der Waals surface area contributed by atoms with Crippen molar-refractivity contribution in [3.63, 3.8) is 0 Å². The van der Waals surface area contributed by atoms with Crippen LogP contribution in [0.2, 0.25) is 0 Å². The maximum atomic E-state index is 12.6. The van der Waals surface area contributed by atoms with Crippen LogP contribution in [0.5, 0.6) is 0 Å². The number of fused-ring (bicyclic) bond motifs is 1. The van der Waals surface area contributed by atoms with E-state index in [9.17, 15) is 4.79 Å². The number of anilines is 1. The zero-order valence-electron chi connectivity index (χ0n) is 12.3. The normalized spacial score (nSPS) is 23.4. The molecule has 2 aliphatic heterocycles. The number of benzene rings is 1. The van der Waals surface area contributed by atoms with Gasteiger partial charge in [0.25, 0.3) is 0 Å². The lowest BCUT2D eigenvalue weighted by molar-refractivity contribution is -0.120. The summed E-state index contributed by atoms with van der Waals surface area (Å²) in [5, 5.41) is 0. The van der Waals surface area contributed by atoms with E-state index in [1.807, 2.05) is 11.0 Å². The average Bonchev–Trinajstić information content (AvgIpc) is 2.46. The minimum absolute atomic E-state index is 0.270. The maximum absolute atomic E-state index is 12.6. The van der Waals surface area contributed by atoms with Crippen LogP contribution in [-0.4, -0.2) is 37.0 Å². The van der Waals surface area contributed by atoms with E-state index < -0.39 is 0 Å². The summed E-state index contributed by atoms with van der Waals surface area (Å²) >= 11 is 0. The Kier molecular flexibility index (Phi) is 4.06. The molecule has 2 aliphatic rings. The van der Waals surface area contributed by atoms with Crippen molar-refractivity contribution in [2.45, 2.75) is 32.6 Å². The minimum atomic E-state index is 0.270. The molecule has 0 N–H and O–H groups in total. The smallest absolute Gasteiger partial charge is 0.241 e. The lowest BCUT2D eigenvalue weighted by Gasteiger charge is -2.34. The van der Waals surface area contributed by atoms with Crippen LogP contribution in [0.15, 0.2) is 24.3 Å². The number of aryl methyl sites for hydroxylation is 1. The Balaban J connectivity index is 1.69. The summed E-state index contributed by atoms with van der Waals surface area (Å²) in [6.45, 7) is 5.89. The van der Waals surface area contributed by atoms with Crippen molar-refractivity contribution in [2.75, 3.05) is 31.1 Å². The van der Waals surface area contributed by atoms with Gasteiger partial charge in [0, 0.05) is 18.8 Å². The number of para-hydroxylation sites is 1. The van der Waals surface area contributed by atoms with E-state index in [2.05, 4.69) is 30.0 Å². The second-order valence-electron chi connectivity index (χ2n) is 6.26. The molecule has 0 aromatic heterocycles. The molecule has 2 heterocycles. The molecule has 1 fully saturated rings. The highest BCUT2D eigenvalue weighted by Crippen LogP contribution is 2.27. The van der Waals surface area contributed by atoms with E-state index in [1.54, 1.807) is 0 Å². The fraction of sp³-hybridized carbons (Fsp3) is 0.588. The number of likely N-dealkylation sites (tertiary alicyclic amines) is 1. The van der Waals surface area contributed by atoms with Crippen molar-refractivity contribution >= 4 is 11.6 Å². The number of carbonyl (C=O) groups excluding carboxylic acids is 1. The Morgan fingerprint density at radius 2 is 2.10 bits per heavy atom. The molecule has 0 aliphatic carbocycles. The third-order valence-corrected chi connectivity index (χ3v) is 4.51. The van der Waals surface area contributed by atoms with Crippen molar-refractivity contribution in [3.05, 3.63) is 29.8 Å². The molecule has 20 heavy (non-hydrogen) atoms. The number of hydrogen-bond acceptors (Lipinski definition) is 2. The molecule has 0 bridgehead atoms. The molecule has 3 heteroatoms. The van der Waals surface area contributed by atoms with Gasteiger partial charge in [0.15, 0.2) is 0 Å². The Morgan fingerprint density at radius 1 is 1.25 bits per heavy atom. The minimum Gasteiger partial charge on any atom is -0.311 e. The van der Waals surface area contributed by atoms with Crippen LogP contribution in [0.25, 0.3) is 0 Å². The van der Waals surface area contributed by atoms with Crippen molar-refractivity contribution in [2.24, 2.45) is 5.92 Å². The third-order valence-electron chi connectivity index (χ3n) is 4.51. The van der Waals surface area contributed by atoms with Crippen molar-refractivity contribution < 1.29 is 4.79 Å². The predicted octanol–water partition coefficient (Wildman–Crippen LogP) is 2.70. The lowest BCUT2D eigenvalue weighted by atomic mass is 10.00. The van der Waals surface area contributed by atoms with Crippen molar-refractivity contribution in [1.82, 2.24) is 4.90 Å². The van der Waals surface area contributed by atoms with Gasteiger partial charge in [-0.1, -0.05) is 25.1 Å². The molecule has 1 amide bonds. The number of carbonyl (C=O) groups is 1. The van der Waals surface area contributed by atoms with Gasteiger partial charge >= 0.3 is 0 Å². The maximum Gasteiger partial charge on any atom is 0.241 e. The fourth-order valence-electron chi connectivity index (χ4n) is 3.50. The first-order valence-electron chi connectivity index (χ1n) is 7.84. The number of nitrogens with zero attached hydrogens (tertiary/aromatic N) is 2. The molecule has 1 atom stereocenters. The van der Waals surface area contributed by atoms with Gasteiger partial charge in [0.05, 0.1) is 6.54 Å². The van der Waals surface area contributed by atoms with Gasteiger partial charge in [0.2, 0.25) is 5.91 Å². The van der Waals surface area contributed by atoms with Gasteiger partial charge < -0.3 is 4.90 Å². The zero-order valence-corrected chi connectivity index (χ0v) is 12.3. The van der Waals surface area contributed by atoms with Gasteiger partial charge in [-0.3, -0.25) is 9.69 Å². The Bertz CT molecular complexity index is 486. The molecule has 108 valence electrons. The Hall–Kier alpha value is -1.35. The molecule has 3 nitrogen and oxygen atoms in total. The summed E-state index contributed by atoms with van der Waals surface area (Å²) < 4.78 is 0. The SMILES string of the molecule is C[C@@H]1CCCN(CC(=O)N2CCCc3ccccc32)C1. The highest BCUT2D eigenvalue weighted by molar-refractivity contribution is 5.95. The van der Waals surface area contributed by atoms with Crippen molar-refractivity contribution in [3.8, 4) is 0 Å². The topological polar surface area (TPSA) is 23.6 Å². The molecule has 1 saturated heterocycles. The van der Waals surface area contributed by atoms with Crippen LogP contribution in [0.1, 0.15) is 31.7 Å². The molecular weight excluding hydrogens is 248 g/mol. The first-order chi connectivity index (χ1) is 9.74. The number of hydrogen-bond donors (Lipinski definition) is 0. The number of amides is 1. The zero-order chi connectivity index (χ0) is 13.9. The summed E-state index contributed by atoms with van der Waals surface area (Å²) in [4.78, 5) is 16.9. The second-order valence-corrected chi connectivity index (χ2v) is 6.26. The van der Waals surface area contributed by atoms with Crippen LogP contribution in [0.3, 0.4) is 0 Å². The van der Waals surface area contributed by atoms with Crippen LogP contribution in [0, 0.1) is 5.92 Å². The van der Waals surface area contributed by atoms with Gasteiger partial charge in [0.1, 0.15) is 0 Å². The van der Waals surface area contributed by atoms with E-state index in [4.69, 9.17) is 0 Å². The summed E-state index contributed by atoms with van der Waals surface area (Å²) in [6, 6.07) is 8.34. The molecule has 0 spiro atoms. The number of rotatable bonds is 2. The summed E-state index contributed by atoms with van der Waals surface area (Å²) in [6.07, 6.45) is 4.71. The van der Waals surface area contributed by atoms with Gasteiger partial charge in [-0.25, -0.2) is 0 Å². The highest BCUT2D eigenvalue weighted by atomic mass is 16.2. The molecular formula is C17H24N2O. The van der Waals surface area contributed by atoms with Crippen LogP contribution < -0.4 is 4.90 Å². The molecule has 0 unspecified atom stereocenters. The van der Waals surface area contributed by atoms with Crippen LogP contribution in [0.4, 0.5) is 5.69 Å². The first-order valence-corrected chi connectivity index (χ1v) is 7.84. The number of piperidine rings is 1. The van der Waals surface area contributed by atoms with Gasteiger partial charge in [-0.05, 0) is 49.8 Å². The lowest BCUT2D eigenvalue weighted by Crippen LogP contribution is -2.45. The second kappa shape index (κ2) is 5.96. The van der Waals surface area contributed by atoms with E-state index >= 15 is 0 Å². The molecule has 1 aromatic carbocycles. The quantitative estimate of drug-likeness (QED) is 0.826. The van der Waals surface area contributed by atoms with Gasteiger partial charge in [-0.2, -0.15) is 0 Å². The summed E-state index contributed by atoms with van der Waals surface area (Å²) in [5.41, 5.74) is 2.45. The van der Waals surface area contributed by atoms with Crippen molar-refractivity contribution in [1.29, 1.82) is 0 Å². The van der Waals surface area contributed by atoms with E-state index in [0.717, 1.165) is 44.1 Å². The molecule has 3 rings (SSSR count). The monoisotopic (exact) mass is 272 g/mol. The molecule has 0 radical (unpaired) electrons.